The topological polar surface area (TPSA) is 22.1 Å². The van der Waals surface area contributed by atoms with Gasteiger partial charge < -0.3 is 4.74 Å². The number of nitrogens with zero attached hydrogens (tertiary/aromatic N) is 1. The minimum absolute atomic E-state index is 0.359. The third-order valence-corrected chi connectivity index (χ3v) is 9.11. The highest BCUT2D eigenvalue weighted by molar-refractivity contribution is 8.33. The first-order valence-electron chi connectivity index (χ1n) is 6.44. The molecule has 0 atom stereocenters. The van der Waals surface area contributed by atoms with E-state index in [0.717, 1.165) is 18.2 Å². The molecule has 0 aliphatic rings. The van der Waals surface area contributed by atoms with E-state index in [1.807, 2.05) is 40.7 Å². The lowest BCUT2D eigenvalue weighted by Gasteiger charge is -2.27. The average Bonchev–Trinajstić information content (AvgIpc) is 2.96. The van der Waals surface area contributed by atoms with Crippen LogP contribution in [0.5, 0.6) is 5.19 Å². The van der Waals surface area contributed by atoms with Gasteiger partial charge in [-0.3, -0.25) is 0 Å². The average molecular weight is 338 g/mol. The van der Waals surface area contributed by atoms with Crippen LogP contribution in [0.3, 0.4) is 0 Å². The largest absolute Gasteiger partial charge is 0.470 e. The van der Waals surface area contributed by atoms with Crippen molar-refractivity contribution in [2.24, 2.45) is 0 Å². The van der Waals surface area contributed by atoms with Crippen LogP contribution in [0.1, 0.15) is 32.1 Å². The van der Waals surface area contributed by atoms with E-state index in [4.69, 9.17) is 4.74 Å². The fourth-order valence-corrected chi connectivity index (χ4v) is 5.35. The second kappa shape index (κ2) is 10.2. The lowest BCUT2D eigenvalue weighted by molar-refractivity contribution is 0.303. The fraction of sp³-hybridized carbons (Fsp3) is 0.769. The SMILES string of the molecule is CSC(CCCCCCOc1nccs1)(SC)SC. The first-order chi connectivity index (χ1) is 9.26. The Morgan fingerprint density at radius 3 is 2.37 bits per heavy atom. The van der Waals surface area contributed by atoms with E-state index >= 15 is 0 Å². The zero-order valence-electron chi connectivity index (χ0n) is 11.9. The summed E-state index contributed by atoms with van der Waals surface area (Å²) in [5, 5.41) is 2.74. The van der Waals surface area contributed by atoms with Crippen molar-refractivity contribution in [3.05, 3.63) is 11.6 Å². The number of aromatic nitrogens is 1. The fourth-order valence-electron chi connectivity index (χ4n) is 1.79. The van der Waals surface area contributed by atoms with E-state index in [9.17, 15) is 0 Å². The molecule has 0 N–H and O–H groups in total. The Morgan fingerprint density at radius 1 is 1.11 bits per heavy atom. The number of hydrogen-bond donors (Lipinski definition) is 0. The highest BCUT2D eigenvalue weighted by Crippen LogP contribution is 2.46. The van der Waals surface area contributed by atoms with Gasteiger partial charge in [0.25, 0.3) is 5.19 Å². The maximum Gasteiger partial charge on any atom is 0.273 e. The molecule has 0 fully saturated rings. The number of thiazole rings is 1. The Kier molecular flexibility index (Phi) is 9.45. The van der Waals surface area contributed by atoms with Crippen molar-refractivity contribution >= 4 is 46.6 Å². The van der Waals surface area contributed by atoms with Gasteiger partial charge in [0.2, 0.25) is 0 Å². The van der Waals surface area contributed by atoms with Gasteiger partial charge in [-0.05, 0) is 31.6 Å². The van der Waals surface area contributed by atoms with Gasteiger partial charge in [-0.25, -0.2) is 4.98 Å². The highest BCUT2D eigenvalue weighted by Gasteiger charge is 2.25. The van der Waals surface area contributed by atoms with E-state index < -0.39 is 0 Å². The molecule has 2 nitrogen and oxygen atoms in total. The van der Waals surface area contributed by atoms with Crippen LogP contribution < -0.4 is 4.74 Å². The van der Waals surface area contributed by atoms with Crippen molar-refractivity contribution < 1.29 is 4.74 Å². The predicted octanol–water partition coefficient (Wildman–Crippen LogP) is 5.22. The summed E-state index contributed by atoms with van der Waals surface area (Å²) in [6.07, 6.45) is 14.7. The Bertz CT molecular complexity index is 306. The summed E-state index contributed by atoms with van der Waals surface area (Å²) in [6.45, 7) is 0.798. The Hall–Kier alpha value is 0.480. The normalized spacial score (nSPS) is 11.7. The van der Waals surface area contributed by atoms with Crippen molar-refractivity contribution in [3.8, 4) is 5.19 Å². The number of thioether (sulfide) groups is 3. The molecule has 0 unspecified atom stereocenters. The second-order valence-electron chi connectivity index (χ2n) is 4.11. The van der Waals surface area contributed by atoms with Crippen molar-refractivity contribution in [2.45, 2.75) is 35.5 Å². The maximum atomic E-state index is 5.55. The minimum atomic E-state index is 0.359. The van der Waals surface area contributed by atoms with Crippen molar-refractivity contribution in [3.63, 3.8) is 0 Å². The molecule has 6 heteroatoms. The molecule has 19 heavy (non-hydrogen) atoms. The Labute approximate surface area is 133 Å². The molecule has 0 aromatic carbocycles. The van der Waals surface area contributed by atoms with Crippen molar-refractivity contribution in [2.75, 3.05) is 25.4 Å². The molecule has 0 bridgehead atoms. The molecule has 0 saturated heterocycles. The van der Waals surface area contributed by atoms with Crippen LogP contribution in [0.15, 0.2) is 11.6 Å². The third kappa shape index (κ3) is 6.65. The monoisotopic (exact) mass is 337 g/mol. The van der Waals surface area contributed by atoms with Crippen LogP contribution in [0.2, 0.25) is 0 Å². The summed E-state index contributed by atoms with van der Waals surface area (Å²) in [5.74, 6) is 0. The van der Waals surface area contributed by atoms with Crippen LogP contribution in [-0.2, 0) is 0 Å². The van der Waals surface area contributed by atoms with Gasteiger partial charge in [-0.15, -0.1) is 35.3 Å². The highest BCUT2D eigenvalue weighted by atomic mass is 32.3. The van der Waals surface area contributed by atoms with E-state index in [0.29, 0.717) is 3.41 Å². The number of hydrogen-bond acceptors (Lipinski definition) is 6. The molecule has 0 radical (unpaired) electrons. The van der Waals surface area contributed by atoms with Gasteiger partial charge in [0.15, 0.2) is 0 Å². The summed E-state index contributed by atoms with van der Waals surface area (Å²) < 4.78 is 5.91. The molecule has 110 valence electrons. The van der Waals surface area contributed by atoms with Gasteiger partial charge in [0.1, 0.15) is 3.41 Å². The number of ether oxygens (including phenoxy) is 1. The van der Waals surface area contributed by atoms with Crippen molar-refractivity contribution in [1.29, 1.82) is 0 Å². The predicted molar refractivity (Wildman–Crippen MR) is 94.0 cm³/mol. The van der Waals surface area contributed by atoms with Gasteiger partial charge in [-0.1, -0.05) is 30.6 Å². The maximum absolute atomic E-state index is 5.55. The quantitative estimate of drug-likeness (QED) is 0.407. The summed E-state index contributed by atoms with van der Waals surface area (Å²) in [4.78, 5) is 4.10. The molecule has 0 amide bonds. The molecule has 0 aliphatic heterocycles. The molecule has 1 aromatic heterocycles. The van der Waals surface area contributed by atoms with Crippen LogP contribution >= 0.6 is 46.6 Å². The first-order valence-corrected chi connectivity index (χ1v) is 11.0. The molecule has 0 aliphatic carbocycles. The van der Waals surface area contributed by atoms with Crippen LogP contribution in [-0.4, -0.2) is 33.8 Å². The molecule has 0 spiro atoms. The molecule has 0 saturated carbocycles. The summed E-state index contributed by atoms with van der Waals surface area (Å²) in [7, 11) is 0. The summed E-state index contributed by atoms with van der Waals surface area (Å²) in [6, 6.07) is 0. The Balaban J connectivity index is 2.01. The zero-order valence-corrected chi connectivity index (χ0v) is 15.2. The van der Waals surface area contributed by atoms with Gasteiger partial charge in [0, 0.05) is 11.6 Å². The van der Waals surface area contributed by atoms with Crippen LogP contribution in [0.4, 0.5) is 0 Å². The zero-order chi connectivity index (χ0) is 14.0. The summed E-state index contributed by atoms with van der Waals surface area (Å²) >= 11 is 7.50. The number of rotatable bonds is 11. The first kappa shape index (κ1) is 17.5. The standard InChI is InChI=1S/C13H23NOS4/c1-16-13(17-2,18-3)8-6-4-5-7-10-15-12-14-9-11-19-12/h9,11H,4-8,10H2,1-3H3. The molecule has 1 aromatic rings. The van der Waals surface area contributed by atoms with E-state index in [2.05, 4.69) is 23.8 Å². The minimum Gasteiger partial charge on any atom is -0.470 e. The molecular formula is C13H23NOS4. The summed E-state index contributed by atoms with van der Waals surface area (Å²) in [5.41, 5.74) is 0. The smallest absolute Gasteiger partial charge is 0.273 e. The van der Waals surface area contributed by atoms with Crippen LogP contribution in [0.25, 0.3) is 0 Å². The molecule has 1 heterocycles. The third-order valence-electron chi connectivity index (χ3n) is 2.95. The lowest BCUT2D eigenvalue weighted by atomic mass is 10.2. The lowest BCUT2D eigenvalue weighted by Crippen LogP contribution is -2.13. The van der Waals surface area contributed by atoms with Gasteiger partial charge in [0.05, 0.1) is 6.61 Å². The molecule has 1 rings (SSSR count). The second-order valence-corrected chi connectivity index (χ2v) is 9.05. The van der Waals surface area contributed by atoms with E-state index in [1.165, 1.54) is 25.7 Å². The van der Waals surface area contributed by atoms with Gasteiger partial charge >= 0.3 is 0 Å². The number of unbranched alkanes of at least 4 members (excludes halogenated alkanes) is 3. The molecular weight excluding hydrogens is 314 g/mol. The van der Waals surface area contributed by atoms with Crippen molar-refractivity contribution in [1.82, 2.24) is 4.98 Å². The van der Waals surface area contributed by atoms with Crippen LogP contribution in [0, 0.1) is 0 Å². The van der Waals surface area contributed by atoms with Gasteiger partial charge in [-0.2, -0.15) is 0 Å². The van der Waals surface area contributed by atoms with E-state index in [1.54, 1.807) is 17.5 Å². The Morgan fingerprint density at radius 2 is 1.79 bits per heavy atom. The van der Waals surface area contributed by atoms with E-state index in [-0.39, 0.29) is 0 Å².